The molecule has 1 heterocycles. The Morgan fingerprint density at radius 1 is 1.10 bits per heavy atom. The van der Waals surface area contributed by atoms with E-state index in [1.807, 2.05) is 0 Å². The first-order chi connectivity index (χ1) is 9.66. The van der Waals surface area contributed by atoms with Gasteiger partial charge in [0, 0.05) is 37.8 Å². The molecule has 1 saturated carbocycles. The lowest BCUT2D eigenvalue weighted by Crippen LogP contribution is -2.45. The lowest BCUT2D eigenvalue weighted by atomic mass is 9.97. The van der Waals surface area contributed by atoms with Crippen molar-refractivity contribution in [1.29, 1.82) is 0 Å². The summed E-state index contributed by atoms with van der Waals surface area (Å²) in [6.45, 7) is 3.10. The van der Waals surface area contributed by atoms with Crippen molar-refractivity contribution in [2.24, 2.45) is 5.92 Å². The molecule has 21 heavy (non-hydrogen) atoms. The second-order valence-corrected chi connectivity index (χ2v) is 5.74. The molecule has 0 aromatic heterocycles. The van der Waals surface area contributed by atoms with Crippen molar-refractivity contribution >= 4 is 12.4 Å². The van der Waals surface area contributed by atoms with Crippen LogP contribution in [-0.4, -0.2) is 31.1 Å². The lowest BCUT2D eigenvalue weighted by Gasteiger charge is -2.35. The highest BCUT2D eigenvalue weighted by Crippen LogP contribution is 2.41. The zero-order valence-electron chi connectivity index (χ0n) is 11.7. The Morgan fingerprint density at radius 3 is 2.33 bits per heavy atom. The van der Waals surface area contributed by atoms with Crippen LogP contribution >= 0.6 is 12.4 Å². The SMILES string of the molecule is Cl.Fc1ccc(F)c([C@@H](CC2CC2)N2CCNCC2)c1F. The van der Waals surface area contributed by atoms with Gasteiger partial charge in [-0.2, -0.15) is 0 Å². The number of benzene rings is 1. The van der Waals surface area contributed by atoms with Gasteiger partial charge in [-0.1, -0.05) is 12.8 Å². The van der Waals surface area contributed by atoms with E-state index >= 15 is 0 Å². The molecular weight excluding hydrogens is 301 g/mol. The normalized spacial score (nSPS) is 20.9. The van der Waals surface area contributed by atoms with Gasteiger partial charge in [-0.15, -0.1) is 12.4 Å². The molecule has 1 aliphatic heterocycles. The minimum Gasteiger partial charge on any atom is -0.314 e. The van der Waals surface area contributed by atoms with Crippen molar-refractivity contribution in [2.75, 3.05) is 26.2 Å². The Labute approximate surface area is 129 Å². The van der Waals surface area contributed by atoms with Crippen molar-refractivity contribution in [3.8, 4) is 0 Å². The summed E-state index contributed by atoms with van der Waals surface area (Å²) in [7, 11) is 0. The molecule has 0 spiro atoms. The monoisotopic (exact) mass is 320 g/mol. The molecule has 0 radical (unpaired) electrons. The highest BCUT2D eigenvalue weighted by Gasteiger charge is 2.34. The zero-order chi connectivity index (χ0) is 14.1. The molecule has 118 valence electrons. The summed E-state index contributed by atoms with van der Waals surface area (Å²) in [5.41, 5.74) is -0.0844. The standard InChI is InChI=1S/C15H19F3N2.ClH/c16-11-3-4-12(17)15(18)14(11)13(9-10-1-2-10)20-7-5-19-6-8-20;/h3-4,10,13,19H,1-2,5-9H2;1H/t13-;/m1./s1. The molecule has 2 nitrogen and oxygen atoms in total. The van der Waals surface area contributed by atoms with Crippen molar-refractivity contribution in [3.05, 3.63) is 35.1 Å². The molecule has 0 amide bonds. The van der Waals surface area contributed by atoms with Crippen molar-refractivity contribution in [3.63, 3.8) is 0 Å². The molecule has 1 aliphatic carbocycles. The third-order valence-electron chi connectivity index (χ3n) is 4.26. The van der Waals surface area contributed by atoms with Crippen LogP contribution in [-0.2, 0) is 0 Å². The van der Waals surface area contributed by atoms with E-state index in [-0.39, 0.29) is 24.0 Å². The van der Waals surface area contributed by atoms with E-state index < -0.39 is 17.5 Å². The minimum atomic E-state index is -1.02. The highest BCUT2D eigenvalue weighted by molar-refractivity contribution is 5.85. The predicted molar refractivity (Wildman–Crippen MR) is 78.1 cm³/mol. The molecule has 1 saturated heterocycles. The van der Waals surface area contributed by atoms with Crippen LogP contribution in [0.1, 0.15) is 30.9 Å². The second kappa shape index (κ2) is 6.99. The number of hydrogen-bond acceptors (Lipinski definition) is 2. The summed E-state index contributed by atoms with van der Waals surface area (Å²) in [5.74, 6) is -2.09. The van der Waals surface area contributed by atoms with Gasteiger partial charge in [0.05, 0.1) is 0 Å². The number of piperazine rings is 1. The summed E-state index contributed by atoms with van der Waals surface area (Å²) >= 11 is 0. The van der Waals surface area contributed by atoms with Crippen LogP contribution in [0.5, 0.6) is 0 Å². The summed E-state index contributed by atoms with van der Waals surface area (Å²) < 4.78 is 41.6. The fourth-order valence-corrected chi connectivity index (χ4v) is 2.96. The lowest BCUT2D eigenvalue weighted by molar-refractivity contribution is 0.153. The predicted octanol–water partition coefficient (Wildman–Crippen LogP) is 3.27. The van der Waals surface area contributed by atoms with Crippen LogP contribution in [0.3, 0.4) is 0 Å². The molecule has 1 aromatic rings. The Bertz CT molecular complexity index is 488. The fraction of sp³-hybridized carbons (Fsp3) is 0.600. The van der Waals surface area contributed by atoms with Crippen molar-refractivity contribution in [1.82, 2.24) is 10.2 Å². The van der Waals surface area contributed by atoms with Gasteiger partial charge in [0.2, 0.25) is 0 Å². The van der Waals surface area contributed by atoms with Gasteiger partial charge in [0.15, 0.2) is 11.6 Å². The maximum absolute atomic E-state index is 14.1. The van der Waals surface area contributed by atoms with Crippen LogP contribution < -0.4 is 5.32 Å². The Kier molecular flexibility index (Phi) is 5.52. The minimum absolute atomic E-state index is 0. The highest BCUT2D eigenvalue weighted by atomic mass is 35.5. The Balaban J connectivity index is 0.00000161. The quantitative estimate of drug-likeness (QED) is 0.857. The van der Waals surface area contributed by atoms with Crippen LogP contribution in [0, 0.1) is 23.4 Å². The van der Waals surface area contributed by atoms with E-state index in [1.165, 1.54) is 0 Å². The molecule has 2 aliphatic rings. The maximum atomic E-state index is 14.1. The first-order valence-electron chi connectivity index (χ1n) is 7.25. The zero-order valence-corrected chi connectivity index (χ0v) is 12.6. The van der Waals surface area contributed by atoms with Gasteiger partial charge in [0.25, 0.3) is 0 Å². The van der Waals surface area contributed by atoms with Gasteiger partial charge in [-0.25, -0.2) is 13.2 Å². The van der Waals surface area contributed by atoms with E-state index in [2.05, 4.69) is 10.2 Å². The molecular formula is C15H20ClF3N2. The molecule has 6 heteroatoms. The first kappa shape index (κ1) is 16.6. The average molecular weight is 321 g/mol. The molecule has 1 N–H and O–H groups in total. The summed E-state index contributed by atoms with van der Waals surface area (Å²) in [6, 6.07) is 1.55. The second-order valence-electron chi connectivity index (χ2n) is 5.74. The molecule has 0 bridgehead atoms. The number of hydrogen-bond donors (Lipinski definition) is 1. The van der Waals surface area contributed by atoms with Crippen molar-refractivity contribution < 1.29 is 13.2 Å². The van der Waals surface area contributed by atoms with E-state index in [0.29, 0.717) is 5.92 Å². The number of nitrogens with zero attached hydrogens (tertiary/aromatic N) is 1. The van der Waals surface area contributed by atoms with E-state index in [1.54, 1.807) is 0 Å². The molecule has 0 unspecified atom stereocenters. The van der Waals surface area contributed by atoms with Crippen molar-refractivity contribution in [2.45, 2.75) is 25.3 Å². The van der Waals surface area contributed by atoms with Crippen LogP contribution in [0.25, 0.3) is 0 Å². The summed E-state index contributed by atoms with van der Waals surface area (Å²) in [5, 5.41) is 3.23. The molecule has 1 atom stereocenters. The Hall–Kier alpha value is -0.780. The smallest absolute Gasteiger partial charge is 0.166 e. The van der Waals surface area contributed by atoms with Gasteiger partial charge in [-0.3, -0.25) is 4.90 Å². The summed E-state index contributed by atoms with van der Waals surface area (Å²) in [4.78, 5) is 2.08. The molecule has 1 aromatic carbocycles. The third-order valence-corrected chi connectivity index (χ3v) is 4.26. The number of halogens is 4. The third kappa shape index (κ3) is 3.71. The van der Waals surface area contributed by atoms with Gasteiger partial charge in [-0.05, 0) is 24.5 Å². The van der Waals surface area contributed by atoms with Gasteiger partial charge >= 0.3 is 0 Å². The van der Waals surface area contributed by atoms with E-state index in [4.69, 9.17) is 0 Å². The maximum Gasteiger partial charge on any atom is 0.166 e. The molecule has 2 fully saturated rings. The topological polar surface area (TPSA) is 15.3 Å². The summed E-state index contributed by atoms with van der Waals surface area (Å²) in [6.07, 6.45) is 2.94. The van der Waals surface area contributed by atoms with Crippen LogP contribution in [0.4, 0.5) is 13.2 Å². The number of nitrogens with one attached hydrogen (secondary N) is 1. The van der Waals surface area contributed by atoms with Crippen LogP contribution in [0.15, 0.2) is 12.1 Å². The Morgan fingerprint density at radius 2 is 1.71 bits per heavy atom. The van der Waals surface area contributed by atoms with Gasteiger partial charge < -0.3 is 5.32 Å². The largest absolute Gasteiger partial charge is 0.314 e. The molecule has 3 rings (SSSR count). The first-order valence-corrected chi connectivity index (χ1v) is 7.25. The number of rotatable bonds is 4. The fourth-order valence-electron chi connectivity index (χ4n) is 2.96. The van der Waals surface area contributed by atoms with Crippen LogP contribution in [0.2, 0.25) is 0 Å². The average Bonchev–Trinajstić information content (AvgIpc) is 3.27. The van der Waals surface area contributed by atoms with E-state index in [9.17, 15) is 13.2 Å². The van der Waals surface area contributed by atoms with E-state index in [0.717, 1.165) is 57.6 Å². The van der Waals surface area contributed by atoms with Gasteiger partial charge in [0.1, 0.15) is 5.82 Å².